The van der Waals surface area contributed by atoms with Crippen LogP contribution in [0, 0.1) is 0 Å². The quantitative estimate of drug-likeness (QED) is 0.768. The zero-order valence-electron chi connectivity index (χ0n) is 21.7. The summed E-state index contributed by atoms with van der Waals surface area (Å²) in [6, 6.07) is 0. The van der Waals surface area contributed by atoms with Crippen LogP contribution in [0.5, 0.6) is 0 Å². The maximum absolute atomic E-state index is 8.13. The number of hydrogen-bond donors (Lipinski definition) is 0. The first-order valence-corrected chi connectivity index (χ1v) is 6.23. The van der Waals surface area contributed by atoms with Gasteiger partial charge in [0.25, 0.3) is 0 Å². The highest BCUT2D eigenvalue weighted by Gasteiger charge is 2.52. The molecular formula is C14H22BN3O2. The highest BCUT2D eigenvalue weighted by Crippen LogP contribution is 2.36. The smallest absolute Gasteiger partial charge is 0.398 e. The normalized spacial score (nSPS) is 41.8. The van der Waals surface area contributed by atoms with Crippen molar-refractivity contribution in [2.75, 3.05) is 17.9 Å². The predicted octanol–water partition coefficient (Wildman–Crippen LogP) is 1.38. The number of aromatic nitrogens is 2. The van der Waals surface area contributed by atoms with Crippen LogP contribution in [0.15, 0.2) is 12.3 Å². The summed E-state index contributed by atoms with van der Waals surface area (Å²) < 4.78 is 91.8. The van der Waals surface area contributed by atoms with Crippen LogP contribution in [0.1, 0.15) is 54.1 Å². The Labute approximate surface area is 134 Å². The fourth-order valence-corrected chi connectivity index (χ4v) is 1.76. The summed E-state index contributed by atoms with van der Waals surface area (Å²) in [5, 5.41) is 0. The highest BCUT2D eigenvalue weighted by atomic mass is 16.7. The Morgan fingerprint density at radius 3 is 2.40 bits per heavy atom. The molecule has 20 heavy (non-hydrogen) atoms. The van der Waals surface area contributed by atoms with Crippen molar-refractivity contribution in [3.8, 4) is 0 Å². The van der Waals surface area contributed by atoms with Crippen molar-refractivity contribution in [3.05, 3.63) is 12.3 Å². The molecule has 5 nitrogen and oxygen atoms in total. The Balaban J connectivity index is 2.18. The summed E-state index contributed by atoms with van der Waals surface area (Å²) in [4.78, 5) is 7.83. The van der Waals surface area contributed by atoms with Gasteiger partial charge in [-0.2, -0.15) is 0 Å². The van der Waals surface area contributed by atoms with E-state index in [4.69, 9.17) is 23.0 Å². The molecule has 0 amide bonds. The maximum Gasteiger partial charge on any atom is 0.516 e. The van der Waals surface area contributed by atoms with Gasteiger partial charge in [-0.1, -0.05) is 0 Å². The summed E-state index contributed by atoms with van der Waals surface area (Å²) in [6.45, 7) is 0.576. The molecule has 0 spiro atoms. The van der Waals surface area contributed by atoms with E-state index in [2.05, 4.69) is 9.97 Å². The first kappa shape index (κ1) is 6.32. The molecule has 0 bridgehead atoms. The zero-order valence-corrected chi connectivity index (χ0v) is 11.7. The van der Waals surface area contributed by atoms with Gasteiger partial charge in [-0.3, -0.25) is 4.98 Å². The van der Waals surface area contributed by atoms with Gasteiger partial charge in [-0.25, -0.2) is 4.98 Å². The number of hydrogen-bond acceptors (Lipinski definition) is 5. The first-order valence-electron chi connectivity index (χ1n) is 11.2. The fraction of sp³-hybridized carbons (Fsp3) is 0.714. The van der Waals surface area contributed by atoms with Gasteiger partial charge in [0.15, 0.2) is 0 Å². The second kappa shape index (κ2) is 4.70. The molecule has 2 aliphatic rings. The van der Waals surface area contributed by atoms with E-state index in [-0.39, 0.29) is 10.5 Å². The average molecular weight is 285 g/mol. The molecule has 3 rings (SSSR count). The lowest BCUT2D eigenvalue weighted by Crippen LogP contribution is -2.41. The molecule has 0 unspecified atom stereocenters. The molecular weight excluding hydrogens is 253 g/mol. The predicted molar refractivity (Wildman–Crippen MR) is 79.2 cm³/mol. The van der Waals surface area contributed by atoms with Crippen LogP contribution in [0.2, 0.25) is 0 Å². The molecule has 2 fully saturated rings. The minimum absolute atomic E-state index is 0.142. The average Bonchev–Trinajstić information content (AvgIpc) is 2.79. The van der Waals surface area contributed by atoms with Crippen LogP contribution in [0.4, 0.5) is 5.82 Å². The van der Waals surface area contributed by atoms with Crippen LogP contribution >= 0.6 is 0 Å². The van der Waals surface area contributed by atoms with Crippen molar-refractivity contribution in [2.24, 2.45) is 0 Å². The topological polar surface area (TPSA) is 47.5 Å². The van der Waals surface area contributed by atoms with Crippen LogP contribution in [-0.4, -0.2) is 41.3 Å². The Morgan fingerprint density at radius 2 is 1.80 bits per heavy atom. The lowest BCUT2D eigenvalue weighted by Gasteiger charge is -2.32. The van der Waals surface area contributed by atoms with E-state index in [0.717, 1.165) is 0 Å². The van der Waals surface area contributed by atoms with Gasteiger partial charge in [0.2, 0.25) is 0 Å². The summed E-state index contributed by atoms with van der Waals surface area (Å²) in [6.07, 6.45) is -7.89. The fourth-order valence-electron chi connectivity index (χ4n) is 1.76. The van der Waals surface area contributed by atoms with Crippen molar-refractivity contribution in [1.29, 1.82) is 0 Å². The van der Waals surface area contributed by atoms with Gasteiger partial charge in [0.05, 0.1) is 25.7 Å². The van der Waals surface area contributed by atoms with Crippen LogP contribution in [0.3, 0.4) is 0 Å². The van der Waals surface area contributed by atoms with Gasteiger partial charge in [-0.15, -0.1) is 0 Å². The second-order valence-electron chi connectivity index (χ2n) is 5.55. The van der Waals surface area contributed by atoms with Gasteiger partial charge in [0.1, 0.15) is 5.82 Å². The standard InChI is InChI=1S/C14H22BN3O2/c1-13(2)14(3,4)20-15(19-13)11-9-16-10-12(17-11)18-7-5-6-8-18/h9-10H,5-8H2,1-4H3/i5D2,6D2,7D2,8D2,9D,10D. The molecule has 108 valence electrons. The Bertz CT molecular complexity index is 853. The summed E-state index contributed by atoms with van der Waals surface area (Å²) >= 11 is 0. The molecule has 0 saturated carbocycles. The Morgan fingerprint density at radius 1 is 1.20 bits per heavy atom. The van der Waals surface area contributed by atoms with Gasteiger partial charge in [-0.05, 0) is 40.4 Å². The number of anilines is 1. The van der Waals surface area contributed by atoms with Gasteiger partial charge < -0.3 is 14.2 Å². The van der Waals surface area contributed by atoms with E-state index in [9.17, 15) is 0 Å². The van der Waals surface area contributed by atoms with Gasteiger partial charge >= 0.3 is 7.12 Å². The van der Waals surface area contributed by atoms with E-state index in [1.54, 1.807) is 27.7 Å². The maximum atomic E-state index is 8.13. The molecule has 0 aliphatic carbocycles. The monoisotopic (exact) mass is 285 g/mol. The molecule has 0 aromatic carbocycles. The lowest BCUT2D eigenvalue weighted by molar-refractivity contribution is 0.00578. The van der Waals surface area contributed by atoms with Crippen LogP contribution < -0.4 is 10.5 Å². The minimum atomic E-state index is -3.29. The molecule has 0 atom stereocenters. The third-order valence-corrected chi connectivity index (χ3v) is 3.64. The number of rotatable bonds is 2. The van der Waals surface area contributed by atoms with Crippen molar-refractivity contribution in [3.63, 3.8) is 0 Å². The van der Waals surface area contributed by atoms with Crippen LogP contribution in [0.25, 0.3) is 0 Å². The molecule has 2 aliphatic heterocycles. The van der Waals surface area contributed by atoms with E-state index < -0.39 is 62.2 Å². The van der Waals surface area contributed by atoms with Crippen molar-refractivity contribution in [2.45, 2.75) is 51.6 Å². The summed E-state index contributed by atoms with van der Waals surface area (Å²) in [5.41, 5.74) is -1.87. The molecule has 6 heteroatoms. The lowest BCUT2D eigenvalue weighted by atomic mass is 9.85. The molecule has 3 heterocycles. The molecule has 0 radical (unpaired) electrons. The second-order valence-corrected chi connectivity index (χ2v) is 5.55. The molecule has 1 aromatic heterocycles. The van der Waals surface area contributed by atoms with Crippen molar-refractivity contribution >= 4 is 18.5 Å². The van der Waals surface area contributed by atoms with Crippen molar-refractivity contribution < 1.29 is 23.0 Å². The zero-order chi connectivity index (χ0) is 23.3. The Hall–Kier alpha value is -1.14. The molecule has 2 saturated heterocycles. The largest absolute Gasteiger partial charge is 0.516 e. The molecule has 1 aromatic rings. The summed E-state index contributed by atoms with van der Waals surface area (Å²) in [7, 11) is -1.22. The van der Waals surface area contributed by atoms with E-state index in [0.29, 0.717) is 0 Å². The van der Waals surface area contributed by atoms with Gasteiger partial charge in [0, 0.05) is 30.1 Å². The third kappa shape index (κ3) is 2.31. The van der Waals surface area contributed by atoms with Crippen LogP contribution in [-0.2, 0) is 9.31 Å². The first-order chi connectivity index (χ1) is 13.2. The number of nitrogens with zero attached hydrogens (tertiary/aromatic N) is 3. The summed E-state index contributed by atoms with van der Waals surface area (Å²) in [5.74, 6) is -0.754. The molecule has 0 N–H and O–H groups in total. The van der Waals surface area contributed by atoms with E-state index >= 15 is 0 Å². The SMILES string of the molecule is [2H]c1nc([2H])c(N2C([2H])([2H])C([2H])([2H])C([2H])([2H])C2([2H])[2H])nc1B1OC(C)(C)C(C)(C)O1. The minimum Gasteiger partial charge on any atom is -0.398 e. The highest BCUT2D eigenvalue weighted by molar-refractivity contribution is 6.61. The third-order valence-electron chi connectivity index (χ3n) is 3.64. The van der Waals surface area contributed by atoms with E-state index in [1.165, 1.54) is 0 Å². The van der Waals surface area contributed by atoms with E-state index in [1.807, 2.05) is 0 Å². The van der Waals surface area contributed by atoms with Crippen molar-refractivity contribution in [1.82, 2.24) is 9.97 Å². The Kier molecular flexibility index (Phi) is 1.49.